The highest BCUT2D eigenvalue weighted by atomic mass is 127. The van der Waals surface area contributed by atoms with Gasteiger partial charge in [-0.15, -0.1) is 0 Å². The number of carbonyl (C=O) groups excluding carboxylic acids is 2. The van der Waals surface area contributed by atoms with E-state index in [9.17, 15) is 9.59 Å². The standard InChI is InChI=1S/C25H18ClIN2O4S/c1-32-21-13-16(12-20(27)22(21)33-14-15-5-3-2-4-6-15)11-19-23(30)28-25(34)29(24(19)31)18-9-7-17(26)8-10-18/h2-13H,14H2,1H3,(H,28,30,34)/b19-11+. The van der Waals surface area contributed by atoms with E-state index >= 15 is 0 Å². The number of anilines is 1. The van der Waals surface area contributed by atoms with Crippen LogP contribution in [0.1, 0.15) is 11.1 Å². The van der Waals surface area contributed by atoms with Crippen molar-refractivity contribution in [3.05, 3.63) is 92.0 Å². The quantitative estimate of drug-likeness (QED) is 0.178. The van der Waals surface area contributed by atoms with Crippen LogP contribution < -0.4 is 19.7 Å². The maximum atomic E-state index is 13.2. The van der Waals surface area contributed by atoms with Crippen LogP contribution in [0, 0.1) is 3.57 Å². The molecule has 0 radical (unpaired) electrons. The number of benzene rings is 3. The molecule has 3 aromatic carbocycles. The van der Waals surface area contributed by atoms with Gasteiger partial charge in [-0.05, 0) is 88.4 Å². The summed E-state index contributed by atoms with van der Waals surface area (Å²) < 4.78 is 12.3. The van der Waals surface area contributed by atoms with Crippen molar-refractivity contribution in [3.8, 4) is 11.5 Å². The predicted octanol–water partition coefficient (Wildman–Crippen LogP) is 5.36. The molecule has 34 heavy (non-hydrogen) atoms. The van der Waals surface area contributed by atoms with Crippen LogP contribution in [0.3, 0.4) is 0 Å². The van der Waals surface area contributed by atoms with Crippen LogP contribution in [-0.2, 0) is 16.2 Å². The Bertz CT molecular complexity index is 1300. The van der Waals surface area contributed by atoms with E-state index in [0.717, 1.165) is 9.13 Å². The number of carbonyl (C=O) groups is 2. The van der Waals surface area contributed by atoms with E-state index in [1.165, 1.54) is 18.1 Å². The molecule has 6 nitrogen and oxygen atoms in total. The minimum atomic E-state index is -0.571. The highest BCUT2D eigenvalue weighted by molar-refractivity contribution is 14.1. The Morgan fingerprint density at radius 3 is 2.47 bits per heavy atom. The van der Waals surface area contributed by atoms with Gasteiger partial charge < -0.3 is 9.47 Å². The molecular weight excluding hydrogens is 587 g/mol. The molecule has 0 spiro atoms. The second-order valence-electron chi connectivity index (χ2n) is 7.24. The van der Waals surface area contributed by atoms with Crippen molar-refractivity contribution in [2.45, 2.75) is 6.61 Å². The van der Waals surface area contributed by atoms with E-state index in [0.29, 0.717) is 34.4 Å². The number of amides is 2. The molecule has 3 aromatic rings. The van der Waals surface area contributed by atoms with Gasteiger partial charge in [0.25, 0.3) is 11.8 Å². The summed E-state index contributed by atoms with van der Waals surface area (Å²) in [6, 6.07) is 19.9. The van der Waals surface area contributed by atoms with Gasteiger partial charge in [-0.2, -0.15) is 0 Å². The molecule has 0 aliphatic carbocycles. The lowest BCUT2D eigenvalue weighted by atomic mass is 10.1. The lowest BCUT2D eigenvalue weighted by Gasteiger charge is -2.29. The maximum Gasteiger partial charge on any atom is 0.270 e. The highest BCUT2D eigenvalue weighted by Crippen LogP contribution is 2.35. The van der Waals surface area contributed by atoms with Gasteiger partial charge in [-0.25, -0.2) is 0 Å². The fourth-order valence-electron chi connectivity index (χ4n) is 3.34. The zero-order chi connectivity index (χ0) is 24.2. The minimum Gasteiger partial charge on any atom is -0.493 e. The number of thiocarbonyl (C=S) groups is 1. The van der Waals surface area contributed by atoms with Crippen LogP contribution in [0.4, 0.5) is 5.69 Å². The van der Waals surface area contributed by atoms with Crippen LogP contribution in [0.25, 0.3) is 6.08 Å². The highest BCUT2D eigenvalue weighted by Gasteiger charge is 2.34. The van der Waals surface area contributed by atoms with Gasteiger partial charge in [-0.1, -0.05) is 41.9 Å². The van der Waals surface area contributed by atoms with Crippen LogP contribution in [0.5, 0.6) is 11.5 Å². The second-order valence-corrected chi connectivity index (χ2v) is 9.23. The molecule has 0 atom stereocenters. The van der Waals surface area contributed by atoms with Crippen LogP contribution in [0.2, 0.25) is 5.02 Å². The fraction of sp³-hybridized carbons (Fsp3) is 0.0800. The van der Waals surface area contributed by atoms with Crippen molar-refractivity contribution >= 4 is 75.1 Å². The molecule has 1 aliphatic rings. The number of hydrogen-bond acceptors (Lipinski definition) is 5. The van der Waals surface area contributed by atoms with E-state index in [4.69, 9.17) is 33.3 Å². The number of ether oxygens (including phenoxy) is 2. The first-order valence-corrected chi connectivity index (χ1v) is 11.9. The Morgan fingerprint density at radius 1 is 1.09 bits per heavy atom. The van der Waals surface area contributed by atoms with Crippen molar-refractivity contribution in [2.75, 3.05) is 12.0 Å². The largest absolute Gasteiger partial charge is 0.493 e. The van der Waals surface area contributed by atoms with Crippen molar-refractivity contribution in [1.82, 2.24) is 5.32 Å². The summed E-state index contributed by atoms with van der Waals surface area (Å²) in [5.74, 6) is -0.0334. The number of halogens is 2. The van der Waals surface area contributed by atoms with Gasteiger partial charge in [0.05, 0.1) is 16.4 Å². The molecule has 2 amide bonds. The first kappa shape index (κ1) is 24.2. The third kappa shape index (κ3) is 5.24. The Kier molecular flexibility index (Phi) is 7.50. The number of nitrogens with zero attached hydrogens (tertiary/aromatic N) is 1. The third-order valence-corrected chi connectivity index (χ3v) is 6.31. The molecule has 1 N–H and O–H groups in total. The van der Waals surface area contributed by atoms with Gasteiger partial charge in [0.2, 0.25) is 0 Å². The fourth-order valence-corrected chi connectivity index (χ4v) is 4.53. The Morgan fingerprint density at radius 2 is 1.79 bits per heavy atom. The van der Waals surface area contributed by atoms with Crippen molar-refractivity contribution < 1.29 is 19.1 Å². The average molecular weight is 605 g/mol. The molecule has 0 unspecified atom stereocenters. The molecule has 0 saturated carbocycles. The summed E-state index contributed by atoms with van der Waals surface area (Å²) in [7, 11) is 1.54. The van der Waals surface area contributed by atoms with Crippen LogP contribution >= 0.6 is 46.4 Å². The van der Waals surface area contributed by atoms with Gasteiger partial charge in [0, 0.05) is 5.02 Å². The van der Waals surface area contributed by atoms with Crippen molar-refractivity contribution in [3.63, 3.8) is 0 Å². The first-order chi connectivity index (χ1) is 16.4. The zero-order valence-corrected chi connectivity index (χ0v) is 21.6. The summed E-state index contributed by atoms with van der Waals surface area (Å²) >= 11 is 13.3. The molecule has 0 bridgehead atoms. The number of methoxy groups -OCH3 is 1. The molecule has 1 fully saturated rings. The summed E-state index contributed by atoms with van der Waals surface area (Å²) in [5.41, 5.74) is 2.08. The van der Waals surface area contributed by atoms with E-state index in [1.54, 1.807) is 30.3 Å². The molecule has 1 saturated heterocycles. The SMILES string of the molecule is COc1cc(/C=C2\C(=O)NC(=S)N(c3ccc(Cl)cc3)C2=O)cc(I)c1OCc1ccccc1. The van der Waals surface area contributed by atoms with Crippen molar-refractivity contribution in [1.29, 1.82) is 0 Å². The molecule has 4 rings (SSSR count). The molecule has 0 aromatic heterocycles. The topological polar surface area (TPSA) is 67.9 Å². The van der Waals surface area contributed by atoms with Gasteiger partial charge in [0.1, 0.15) is 12.2 Å². The zero-order valence-electron chi connectivity index (χ0n) is 17.9. The smallest absolute Gasteiger partial charge is 0.270 e. The van der Waals surface area contributed by atoms with E-state index in [2.05, 4.69) is 27.9 Å². The van der Waals surface area contributed by atoms with Gasteiger partial charge >= 0.3 is 0 Å². The first-order valence-electron chi connectivity index (χ1n) is 10.1. The van der Waals surface area contributed by atoms with Gasteiger partial charge in [0.15, 0.2) is 16.6 Å². The molecule has 9 heteroatoms. The van der Waals surface area contributed by atoms with E-state index in [-0.39, 0.29) is 10.7 Å². The Hall–Kier alpha value is -2.95. The van der Waals surface area contributed by atoms with E-state index in [1.807, 2.05) is 36.4 Å². The van der Waals surface area contributed by atoms with Crippen LogP contribution in [-0.4, -0.2) is 24.0 Å². The maximum absolute atomic E-state index is 13.2. The Labute approximate surface area is 220 Å². The third-order valence-electron chi connectivity index (χ3n) is 4.98. The summed E-state index contributed by atoms with van der Waals surface area (Å²) in [4.78, 5) is 27.1. The van der Waals surface area contributed by atoms with Crippen molar-refractivity contribution in [2.24, 2.45) is 0 Å². The average Bonchev–Trinajstić information content (AvgIpc) is 2.82. The lowest BCUT2D eigenvalue weighted by Crippen LogP contribution is -2.54. The van der Waals surface area contributed by atoms with Crippen LogP contribution in [0.15, 0.2) is 72.3 Å². The molecular formula is C25H18ClIN2O4S. The second kappa shape index (κ2) is 10.5. The molecule has 1 heterocycles. The normalized spacial score (nSPS) is 14.9. The summed E-state index contributed by atoms with van der Waals surface area (Å²) in [5, 5.41) is 3.10. The number of nitrogens with one attached hydrogen (secondary N) is 1. The number of hydrogen-bond donors (Lipinski definition) is 1. The predicted molar refractivity (Wildman–Crippen MR) is 144 cm³/mol. The molecule has 1 aliphatic heterocycles. The monoisotopic (exact) mass is 604 g/mol. The summed E-state index contributed by atoms with van der Waals surface area (Å²) in [6.07, 6.45) is 1.51. The minimum absolute atomic E-state index is 0.00583. The Balaban J connectivity index is 1.64. The number of rotatable bonds is 6. The summed E-state index contributed by atoms with van der Waals surface area (Å²) in [6.45, 7) is 0.377. The lowest BCUT2D eigenvalue weighted by molar-refractivity contribution is -0.122. The molecule has 172 valence electrons. The van der Waals surface area contributed by atoms with Gasteiger partial charge in [-0.3, -0.25) is 19.8 Å². The van der Waals surface area contributed by atoms with E-state index < -0.39 is 11.8 Å².